The maximum absolute atomic E-state index is 12.7. The fraction of sp³-hybridized carbons (Fsp3) is 0.304. The normalized spacial score (nSPS) is 12.6. The number of sulfonamides is 1. The summed E-state index contributed by atoms with van der Waals surface area (Å²) in [4.78, 5) is 25.0. The molecule has 2 aromatic carbocycles. The molecule has 0 aliphatic heterocycles. The monoisotopic (exact) mass is 609 g/mol. The Kier molecular flexibility index (Phi) is 10.7. The van der Waals surface area contributed by atoms with Gasteiger partial charge >= 0.3 is 0 Å². The Morgan fingerprint density at radius 1 is 0.972 bits per heavy atom. The third-order valence-corrected chi connectivity index (χ3v) is 8.71. The topological polar surface area (TPSA) is 104 Å². The van der Waals surface area contributed by atoms with Crippen molar-refractivity contribution in [3.05, 3.63) is 63.5 Å². The van der Waals surface area contributed by atoms with Gasteiger partial charge in [-0.05, 0) is 48.6 Å². The fourth-order valence-electron chi connectivity index (χ4n) is 3.30. The third kappa shape index (κ3) is 8.21. The fourth-order valence-corrected chi connectivity index (χ4v) is 6.46. The van der Waals surface area contributed by atoms with Crippen LogP contribution in [0.2, 0.25) is 10.0 Å². The second-order valence-corrected chi connectivity index (χ2v) is 12.7. The summed E-state index contributed by atoms with van der Waals surface area (Å²) in [7, 11) is -3.79. The van der Waals surface area contributed by atoms with Gasteiger partial charge in [-0.3, -0.25) is 9.59 Å². The number of benzene rings is 2. The zero-order valence-corrected chi connectivity index (χ0v) is 23.4. The van der Waals surface area contributed by atoms with Crippen molar-refractivity contribution in [1.29, 1.82) is 0 Å². The number of amides is 2. The smallest absolute Gasteiger partial charge is 0.262 e. The summed E-state index contributed by atoms with van der Waals surface area (Å²) in [6, 6.07) is 12.6. The van der Waals surface area contributed by atoms with Crippen molar-refractivity contribution in [3.63, 3.8) is 0 Å². The molecule has 0 radical (unpaired) electrons. The quantitative estimate of drug-likeness (QED) is 0.189. The number of alkyl halides is 2. The van der Waals surface area contributed by atoms with Gasteiger partial charge in [0, 0.05) is 29.2 Å². The van der Waals surface area contributed by atoms with Crippen LogP contribution >= 0.6 is 57.7 Å². The summed E-state index contributed by atoms with van der Waals surface area (Å²) in [5.41, 5.74) is 0. The second-order valence-electron chi connectivity index (χ2n) is 7.77. The van der Waals surface area contributed by atoms with Crippen LogP contribution in [0.5, 0.6) is 0 Å². The van der Waals surface area contributed by atoms with E-state index in [1.54, 1.807) is 6.07 Å². The Morgan fingerprint density at radius 3 is 2.39 bits per heavy atom. The molecule has 36 heavy (non-hydrogen) atoms. The Morgan fingerprint density at radius 2 is 1.69 bits per heavy atom. The average Bonchev–Trinajstić information content (AvgIpc) is 3.24. The van der Waals surface area contributed by atoms with Crippen molar-refractivity contribution in [3.8, 4) is 0 Å². The molecule has 7 nitrogen and oxygen atoms in total. The van der Waals surface area contributed by atoms with Crippen LogP contribution in [-0.4, -0.2) is 44.2 Å². The van der Waals surface area contributed by atoms with Gasteiger partial charge in [-0.15, -0.1) is 34.5 Å². The highest BCUT2D eigenvalue weighted by atomic mass is 35.5. The van der Waals surface area contributed by atoms with Crippen LogP contribution in [0.3, 0.4) is 0 Å². The van der Waals surface area contributed by atoms with E-state index in [9.17, 15) is 18.0 Å². The van der Waals surface area contributed by atoms with E-state index >= 15 is 0 Å². The van der Waals surface area contributed by atoms with Crippen LogP contribution in [0.25, 0.3) is 10.1 Å². The molecule has 0 bridgehead atoms. The van der Waals surface area contributed by atoms with E-state index in [1.807, 2.05) is 24.3 Å². The van der Waals surface area contributed by atoms with Crippen molar-refractivity contribution < 1.29 is 18.0 Å². The van der Waals surface area contributed by atoms with E-state index in [4.69, 9.17) is 46.4 Å². The standard InChI is InChI=1S/C23H23Cl4N3O4S2/c24-15-7-8-20(16(25)12-15)36(33,34)29-10-4-3-9-28-22(31)17(13-21(26)27)30-23(32)19-11-14-5-1-2-6-18(14)35-19/h1-2,5-8,11-12,17,21,29H,3-4,9-10,13H2,(H,28,31)(H,30,32)/t17-/m0/s1. The lowest BCUT2D eigenvalue weighted by atomic mass is 10.2. The maximum Gasteiger partial charge on any atom is 0.262 e. The summed E-state index contributed by atoms with van der Waals surface area (Å²) in [5.74, 6) is -0.815. The Labute approximate surface area is 233 Å². The number of thiophene rings is 1. The van der Waals surface area contributed by atoms with Gasteiger partial charge in [0.05, 0.1) is 9.90 Å². The zero-order chi connectivity index (χ0) is 26.3. The summed E-state index contributed by atoms with van der Waals surface area (Å²) in [6.07, 6.45) is 0.981. The molecule has 0 saturated carbocycles. The number of halogens is 4. The number of carbonyl (C=O) groups excluding carboxylic acids is 2. The molecular formula is C23H23Cl4N3O4S2. The minimum Gasteiger partial charge on any atom is -0.354 e. The molecule has 3 aromatic rings. The highest BCUT2D eigenvalue weighted by Crippen LogP contribution is 2.26. The molecule has 0 fully saturated rings. The van der Waals surface area contributed by atoms with Gasteiger partial charge in [-0.25, -0.2) is 13.1 Å². The molecule has 13 heteroatoms. The number of carbonyl (C=O) groups is 2. The van der Waals surface area contributed by atoms with E-state index in [-0.39, 0.29) is 35.3 Å². The predicted molar refractivity (Wildman–Crippen MR) is 147 cm³/mol. The molecule has 1 heterocycles. The number of rotatable bonds is 12. The molecule has 1 aromatic heterocycles. The maximum atomic E-state index is 12.7. The number of unbranched alkanes of at least 4 members (excludes halogenated alkanes) is 1. The summed E-state index contributed by atoms with van der Waals surface area (Å²) in [6.45, 7) is 0.418. The van der Waals surface area contributed by atoms with E-state index in [0.29, 0.717) is 22.7 Å². The number of hydrogen-bond donors (Lipinski definition) is 3. The molecule has 3 rings (SSSR count). The lowest BCUT2D eigenvalue weighted by Crippen LogP contribution is -2.47. The average molecular weight is 611 g/mol. The largest absolute Gasteiger partial charge is 0.354 e. The van der Waals surface area contributed by atoms with E-state index < -0.39 is 26.8 Å². The van der Waals surface area contributed by atoms with Crippen molar-refractivity contribution in [1.82, 2.24) is 15.4 Å². The molecule has 0 aliphatic carbocycles. The molecule has 0 spiro atoms. The van der Waals surface area contributed by atoms with Gasteiger partial charge in [-0.2, -0.15) is 0 Å². The summed E-state index contributed by atoms with van der Waals surface area (Å²) >= 11 is 24.9. The van der Waals surface area contributed by atoms with Crippen molar-refractivity contribution >= 4 is 89.7 Å². The van der Waals surface area contributed by atoms with Gasteiger partial charge in [-0.1, -0.05) is 41.4 Å². The van der Waals surface area contributed by atoms with Crippen LogP contribution in [0.4, 0.5) is 0 Å². The van der Waals surface area contributed by atoms with Crippen LogP contribution in [0.15, 0.2) is 53.4 Å². The highest BCUT2D eigenvalue weighted by molar-refractivity contribution is 7.89. The predicted octanol–water partition coefficient (Wildman–Crippen LogP) is 5.38. The van der Waals surface area contributed by atoms with E-state index in [2.05, 4.69) is 15.4 Å². The first kappa shape index (κ1) is 29.0. The Hall–Kier alpha value is -1.59. The number of fused-ring (bicyclic) bond motifs is 1. The zero-order valence-electron chi connectivity index (χ0n) is 18.8. The van der Waals surface area contributed by atoms with Crippen LogP contribution in [0, 0.1) is 0 Å². The van der Waals surface area contributed by atoms with Gasteiger partial charge in [0.2, 0.25) is 15.9 Å². The lowest BCUT2D eigenvalue weighted by molar-refractivity contribution is -0.123. The van der Waals surface area contributed by atoms with E-state index in [1.165, 1.54) is 29.5 Å². The van der Waals surface area contributed by atoms with Crippen molar-refractivity contribution in [2.45, 2.75) is 35.0 Å². The molecule has 2 amide bonds. The SMILES string of the molecule is O=C(N[C@@H](CC(Cl)Cl)C(=O)NCCCCNS(=O)(=O)c1ccc(Cl)cc1Cl)c1cc2ccccc2s1. The van der Waals surface area contributed by atoms with Gasteiger partial charge in [0.15, 0.2) is 0 Å². The molecule has 0 aliphatic rings. The van der Waals surface area contributed by atoms with Crippen molar-refractivity contribution in [2.24, 2.45) is 0 Å². The number of nitrogens with one attached hydrogen (secondary N) is 3. The van der Waals surface area contributed by atoms with Gasteiger partial charge in [0.1, 0.15) is 15.8 Å². The second kappa shape index (κ2) is 13.3. The van der Waals surface area contributed by atoms with Crippen molar-refractivity contribution in [2.75, 3.05) is 13.1 Å². The van der Waals surface area contributed by atoms with Crippen LogP contribution < -0.4 is 15.4 Å². The Bertz CT molecular complexity index is 1300. The first-order valence-corrected chi connectivity index (χ1v) is 14.8. The van der Waals surface area contributed by atoms with Gasteiger partial charge in [0.25, 0.3) is 5.91 Å². The molecule has 0 unspecified atom stereocenters. The molecular weight excluding hydrogens is 588 g/mol. The minimum absolute atomic E-state index is 0.0305. The summed E-state index contributed by atoms with van der Waals surface area (Å²) in [5, 5.41) is 6.74. The molecule has 0 saturated heterocycles. The molecule has 1 atom stereocenters. The lowest BCUT2D eigenvalue weighted by Gasteiger charge is -2.18. The third-order valence-electron chi connectivity index (χ3n) is 5.06. The van der Waals surface area contributed by atoms with Gasteiger partial charge < -0.3 is 10.6 Å². The first-order chi connectivity index (χ1) is 17.1. The Balaban J connectivity index is 1.47. The molecule has 3 N–H and O–H groups in total. The van der Waals surface area contributed by atoms with E-state index in [0.717, 1.165) is 10.1 Å². The summed E-state index contributed by atoms with van der Waals surface area (Å²) < 4.78 is 28.2. The highest BCUT2D eigenvalue weighted by Gasteiger charge is 2.24. The molecule has 194 valence electrons. The first-order valence-electron chi connectivity index (χ1n) is 10.9. The minimum atomic E-state index is -3.79. The van der Waals surface area contributed by atoms with Crippen LogP contribution in [-0.2, 0) is 14.8 Å². The van der Waals surface area contributed by atoms with Crippen LogP contribution in [0.1, 0.15) is 28.9 Å². The number of hydrogen-bond acceptors (Lipinski definition) is 5.